The van der Waals surface area contributed by atoms with Gasteiger partial charge in [-0.15, -0.1) is 20.0 Å². The number of aliphatic carboxylic acids is 1. The van der Waals surface area contributed by atoms with Gasteiger partial charge in [0.2, 0.25) is 5.44 Å². The average molecular weight is 2100 g/mol. The van der Waals surface area contributed by atoms with Gasteiger partial charge in [-0.2, -0.15) is 0 Å². The van der Waals surface area contributed by atoms with Gasteiger partial charge in [0, 0.05) is 113 Å². The fourth-order valence-electron chi connectivity index (χ4n) is 13.9. The average Bonchev–Trinajstić information content (AvgIpc) is 0.790. The lowest BCUT2D eigenvalue weighted by atomic mass is 9.89. The molecule has 0 unspecified atom stereocenters. The molecule has 0 bridgehead atoms. The maximum Gasteiger partial charge on any atom is 0.316 e. The van der Waals surface area contributed by atoms with Gasteiger partial charge in [0.05, 0.1) is 57.6 Å². The lowest BCUT2D eigenvalue weighted by Gasteiger charge is -2.34. The van der Waals surface area contributed by atoms with E-state index in [1.807, 2.05) is 145 Å². The summed E-state index contributed by atoms with van der Waals surface area (Å²) in [4.78, 5) is 37.9. The molecular formula is C87H93N25O24S7. The Bertz CT molecular complexity index is 7280. The van der Waals surface area contributed by atoms with E-state index in [4.69, 9.17) is 73.5 Å². The number of carbonyl (C=O) groups is 1. The molecule has 0 fully saturated rings. The zero-order valence-corrected chi connectivity index (χ0v) is 81.2. The molecule has 4 aliphatic rings. The highest BCUT2D eigenvalue weighted by atomic mass is 32.3. The molecule has 4 aromatic heterocycles. The van der Waals surface area contributed by atoms with Crippen LogP contribution in [0.5, 0.6) is 0 Å². The van der Waals surface area contributed by atoms with Crippen molar-refractivity contribution in [2.75, 3.05) is 0 Å². The minimum atomic E-state index is -5.22. The van der Waals surface area contributed by atoms with E-state index >= 15 is 0 Å². The number of carboxylic acids is 1. The van der Waals surface area contributed by atoms with Crippen molar-refractivity contribution in [3.8, 4) is 91.9 Å². The quantitative estimate of drug-likeness (QED) is 0.0140. The number of ether oxygens (including phenoxy) is 1. The van der Waals surface area contributed by atoms with E-state index in [2.05, 4.69) is 92.6 Å². The van der Waals surface area contributed by atoms with Gasteiger partial charge in [0.15, 0.2) is 49.6 Å². The Morgan fingerprint density at radius 1 is 0.343 bits per heavy atom. The Morgan fingerprint density at radius 3 is 0.895 bits per heavy atom. The highest BCUT2D eigenvalue weighted by Gasteiger charge is 2.39. The standard InChI is InChI=1S/C23H24N6O5S.C22H24N6O6S2.C21H23N7O6S2.C21H22N6O7S2/c1-29-10-8-15(9-11-29)18-7-5-17(27-23(26)28-22(24)25)13-16(18)4-2-14-3-6-19(21(30)31)20(12-14)35(32,33)34;1-28-10-8-15(9-11-28)18-6-5-17(26-22(25)27-21(23)24)13-16(18)4-2-14-3-7-19(35(29,30)31)20(12-14)36(32,33)34;1-28-8-6-14(7-9-28)17-5-4-16(26-21(24)27-20(22)23)11-15(17)3-2-13-10-18(35(29,30)31)19(25-12-13)36(32,33)34;1-27-8-6-14(7-9-27)17-5-4-16(25-21(24)26-20(22)23)11-15(17)3-2-13-10-18(35(28,29)30)19(34-12-13)36(31,32)33/h3,5,7-11,13,19-20H,6,12H2,1H3,(H7,24,25,26,28,30,31,32,33,34);3,5-6,8-11,13,19-20H,7,12H2,1H3,(H7,23,24,25,27,29,30,31,32,33,34);4-9,11-12,18-19H,10H2,1H3,(H8,22,23,24,25,26,27,29,30,31,32,33,34);4-9,11-12,18-19H,10H2,1H3,(H7,22,23,24,26,28,29,30,31,32,33)/t2*19-,20+;2*18-,19-/m0011/s1. The number of rotatable bonds is 16. The van der Waals surface area contributed by atoms with Crippen LogP contribution in [0.3, 0.4) is 0 Å². The van der Waals surface area contributed by atoms with E-state index in [1.165, 1.54) is 12.2 Å². The summed E-state index contributed by atoms with van der Waals surface area (Å²) in [7, 11) is -28.1. The molecule has 0 amide bonds. The van der Waals surface area contributed by atoms with Crippen LogP contribution >= 0.6 is 0 Å². The molecule has 12 rings (SSSR count). The summed E-state index contributed by atoms with van der Waals surface area (Å²) >= 11 is 0. The Balaban J connectivity index is 0.000000213. The predicted molar refractivity (Wildman–Crippen MR) is 509 cm³/mol. The maximum atomic E-state index is 11.7. The second kappa shape index (κ2) is 46.9. The molecule has 8 aromatic rings. The zero-order valence-electron chi connectivity index (χ0n) is 75.5. The van der Waals surface area contributed by atoms with Gasteiger partial charge in [0.1, 0.15) is 102 Å². The van der Waals surface area contributed by atoms with Crippen LogP contribution in [0.1, 0.15) is 60.8 Å². The molecular weight excluding hydrogens is 2000 g/mol. The van der Waals surface area contributed by atoms with Crippen molar-refractivity contribution in [1.82, 2.24) is 5.32 Å². The topological polar surface area (TPSA) is 895 Å². The van der Waals surface area contributed by atoms with E-state index < -0.39 is 145 Å². The van der Waals surface area contributed by atoms with Gasteiger partial charge in [-0.05, 0) is 130 Å². The number of guanidine groups is 8. The van der Waals surface area contributed by atoms with Gasteiger partial charge in [-0.3, -0.25) is 0 Å². The zero-order chi connectivity index (χ0) is 106. The summed E-state index contributed by atoms with van der Waals surface area (Å²) in [6.07, 6.45) is 17.1. The third-order valence-corrected chi connectivity index (χ3v) is 29.3. The monoisotopic (exact) mass is 2100 g/mol. The van der Waals surface area contributed by atoms with E-state index in [-0.39, 0.29) is 77.2 Å². The Hall–Kier alpha value is -15.9. The first-order chi connectivity index (χ1) is 66.6. The molecule has 0 radical (unpaired) electrons. The summed E-state index contributed by atoms with van der Waals surface area (Å²) in [6, 6.07) is 35.2. The van der Waals surface area contributed by atoms with Crippen LogP contribution < -0.4 is 117 Å². The van der Waals surface area contributed by atoms with Gasteiger partial charge >= 0.3 is 23.8 Å². The number of nitrogens with two attached hydrogens (primary N) is 12. The normalized spacial score (nSPS) is 18.3. The number of carbonyl (C=O) groups excluding carboxylic acids is 1. The van der Waals surface area contributed by atoms with Crippen LogP contribution in [0.15, 0.2) is 238 Å². The Labute approximate surface area is 821 Å². The number of hydrogen-bond donors (Lipinski definition) is 17. The van der Waals surface area contributed by atoms with Crippen LogP contribution in [0, 0.1) is 53.3 Å². The van der Waals surface area contributed by atoms with Crippen molar-refractivity contribution < 1.29 is 144 Å². The van der Waals surface area contributed by atoms with Gasteiger partial charge in [0.25, 0.3) is 23.8 Å². The highest BCUT2D eigenvalue weighted by Crippen LogP contribution is 2.36. The van der Waals surface area contributed by atoms with Crippen LogP contribution in [0.2, 0.25) is 0 Å². The fourth-order valence-corrected chi connectivity index (χ4v) is 21.9. The Kier molecular flexibility index (Phi) is 36.3. The van der Waals surface area contributed by atoms with Crippen molar-refractivity contribution >= 4 is 147 Å². The van der Waals surface area contributed by atoms with Crippen molar-refractivity contribution in [3.63, 3.8) is 0 Å². The Morgan fingerprint density at radius 2 is 0.615 bits per heavy atom. The summed E-state index contributed by atoms with van der Waals surface area (Å²) in [5, 5.41) is 1.80. The number of aromatic nitrogens is 4. The van der Waals surface area contributed by atoms with E-state index in [0.29, 0.717) is 61.7 Å². The molecule has 56 heteroatoms. The molecule has 143 heavy (non-hydrogen) atoms. The van der Waals surface area contributed by atoms with Crippen molar-refractivity contribution in [1.29, 1.82) is 0 Å². The molecule has 0 spiro atoms. The third kappa shape index (κ3) is 33.1. The van der Waals surface area contributed by atoms with Gasteiger partial charge in [-0.25, -0.2) is 97.2 Å². The van der Waals surface area contributed by atoms with Crippen LogP contribution in [-0.4, -0.2) is 181 Å². The summed E-state index contributed by atoms with van der Waals surface area (Å²) in [5.41, 5.74) is 74.0. The predicted octanol–water partition coefficient (Wildman–Crippen LogP) is -12.4. The summed E-state index contributed by atoms with van der Waals surface area (Å²) in [5.74, 6) is 19.0. The molecule has 0 saturated carbocycles. The lowest BCUT2D eigenvalue weighted by Crippen LogP contribution is -2.84. The first-order valence-corrected chi connectivity index (χ1v) is 51.4. The SMILES string of the molecule is C[n+]1ccc(-c2ccc(N=C(N)[NH+]=C(N)N)cc2C#CC2=CC[C@H](C(=O)[O-])[C@H](S(=O)(=O)[O-])C2)cc1.C[n+]1ccc(-c2ccc(N=C(N)[NH+]=C(N)N)cc2C#CC2=CC[C@H](S(=O)(=O)[O-])[C@H](S(=O)(=O)[O-])C2)cc1.C[n+]1ccc(-c2ccc(N=C(N)[NH+]=C(N)N)cc2C#CC2=CN[C@H](S(=O)(=O)[O-])[C@H](S(=O)(=O)[O-])C2)cc1.C[n+]1ccc(-c2ccc(N=C(N)[NH+]=C(N)N)cc2C#CC2=CO[C@H](S(=O)(=O)[O-])[C@H](S(=O)(=O)[O-])C2)cc1. The fraction of sp³-hybridized carbons (Fsp3) is 0.207. The molecule has 2 aliphatic heterocycles. The van der Waals surface area contributed by atoms with E-state index in [9.17, 15) is 101 Å². The first kappa shape index (κ1) is 111. The largest absolute Gasteiger partial charge is 0.748 e. The third-order valence-electron chi connectivity index (χ3n) is 20.6. The molecule has 29 N–H and O–H groups in total. The second-order valence-corrected chi connectivity index (χ2v) is 42.4. The number of hydrogen-bond acceptors (Lipinski definition) is 29. The molecule has 752 valence electrons. The van der Waals surface area contributed by atoms with Crippen molar-refractivity contribution in [2.45, 2.75) is 75.6 Å². The first-order valence-electron chi connectivity index (χ1n) is 41.1. The van der Waals surface area contributed by atoms with Gasteiger partial charge < -0.3 is 121 Å². The number of allylic oxidation sites excluding steroid dienone is 6. The van der Waals surface area contributed by atoms with Gasteiger partial charge in [-0.1, -0.05) is 83.8 Å². The van der Waals surface area contributed by atoms with Crippen LogP contribution in [0.25, 0.3) is 44.5 Å². The summed E-state index contributed by atoms with van der Waals surface area (Å²) in [6.45, 7) is 0. The molecule has 49 nitrogen and oxygen atoms in total. The molecule has 2 aliphatic carbocycles. The number of nitrogens with zero attached hydrogens (tertiary/aromatic N) is 8. The molecule has 4 aromatic carbocycles. The van der Waals surface area contributed by atoms with E-state index in [0.717, 1.165) is 45.8 Å². The lowest BCUT2D eigenvalue weighted by molar-refractivity contribution is -0.671. The van der Waals surface area contributed by atoms with Crippen molar-refractivity contribution in [3.05, 3.63) is 240 Å². The highest BCUT2D eigenvalue weighted by molar-refractivity contribution is 7.91. The minimum absolute atomic E-state index is 0.00493. The molecule has 6 heterocycles. The minimum Gasteiger partial charge on any atom is -0.748 e. The van der Waals surface area contributed by atoms with Crippen LogP contribution in [0.4, 0.5) is 22.7 Å². The number of aryl methyl sites for hydroxylation is 4. The smallest absolute Gasteiger partial charge is 0.316 e. The van der Waals surface area contributed by atoms with Crippen molar-refractivity contribution in [2.24, 2.45) is 123 Å². The van der Waals surface area contributed by atoms with Crippen LogP contribution in [-0.2, 0) is 109 Å². The second-order valence-electron chi connectivity index (χ2n) is 31.5. The molecule has 8 atom stereocenters. The molecule has 0 saturated heterocycles. The van der Waals surface area contributed by atoms with E-state index in [1.54, 1.807) is 72.8 Å². The number of pyridine rings is 4. The number of aliphatic imine (C=N–C) groups is 4. The number of benzene rings is 4. The summed E-state index contributed by atoms with van der Waals surface area (Å²) < 4.78 is 254. The maximum absolute atomic E-state index is 11.7. The number of nitrogens with one attached hydrogen (secondary N) is 5. The number of carboxylic acid groups (broad SMARTS) is 1.